The summed E-state index contributed by atoms with van der Waals surface area (Å²) in [6.45, 7) is 5.26. The van der Waals surface area contributed by atoms with Gasteiger partial charge in [-0.05, 0) is 48.4 Å². The molecule has 4 rings (SSSR count). The van der Waals surface area contributed by atoms with E-state index in [-0.39, 0.29) is 23.1 Å². The minimum Gasteiger partial charge on any atom is -0.336 e. The quantitative estimate of drug-likeness (QED) is 0.486. The maximum absolute atomic E-state index is 12.9. The molecule has 0 bridgehead atoms. The van der Waals surface area contributed by atoms with E-state index in [0.29, 0.717) is 24.2 Å². The van der Waals surface area contributed by atoms with Gasteiger partial charge in [0.25, 0.3) is 5.91 Å². The third kappa shape index (κ3) is 6.39. The molecule has 1 saturated heterocycles. The normalized spacial score (nSPS) is 14.6. The lowest BCUT2D eigenvalue weighted by molar-refractivity contribution is 0.0628. The number of nitrogens with one attached hydrogen (secondary N) is 1. The Morgan fingerprint density at radius 3 is 2.14 bits per heavy atom. The smallest absolute Gasteiger partial charge is 0.253 e. The minimum absolute atomic E-state index is 0.0243. The molecule has 35 heavy (non-hydrogen) atoms. The van der Waals surface area contributed by atoms with Crippen LogP contribution in [0.15, 0.2) is 78.0 Å². The molecule has 1 amide bonds. The first kappa shape index (κ1) is 24.7. The van der Waals surface area contributed by atoms with Crippen molar-refractivity contribution in [2.45, 2.75) is 24.9 Å². The summed E-state index contributed by atoms with van der Waals surface area (Å²) in [7, 11) is -3.72. The van der Waals surface area contributed by atoms with Crippen molar-refractivity contribution in [2.75, 3.05) is 26.2 Å². The monoisotopic (exact) mass is 492 g/mol. The zero-order valence-corrected chi connectivity index (χ0v) is 20.4. The lowest BCUT2D eigenvalue weighted by atomic mass is 10.1. The summed E-state index contributed by atoms with van der Waals surface area (Å²) in [5.41, 5.74) is 2.94. The van der Waals surface area contributed by atoms with Gasteiger partial charge in [-0.15, -0.1) is 0 Å². The van der Waals surface area contributed by atoms with E-state index in [1.54, 1.807) is 30.5 Å². The Morgan fingerprint density at radius 2 is 1.54 bits per heavy atom. The number of pyridine rings is 1. The predicted octanol–water partition coefficient (Wildman–Crippen LogP) is 2.72. The fourth-order valence-corrected chi connectivity index (χ4v) is 4.95. The summed E-state index contributed by atoms with van der Waals surface area (Å²) in [5.74, 6) is -0.146. The van der Waals surface area contributed by atoms with Crippen LogP contribution in [-0.2, 0) is 23.1 Å². The van der Waals surface area contributed by atoms with Crippen LogP contribution in [0.25, 0.3) is 0 Å². The van der Waals surface area contributed by atoms with Gasteiger partial charge in [-0.25, -0.2) is 13.1 Å². The molecule has 0 unspecified atom stereocenters. The standard InChI is InChI=1S/C26H28N4O4S/c1-20(31)23-8-10-25(11-9-23)35(33,34)28-18-21-4-6-24(7-5-21)26(32)30-15-13-29(14-16-30)19-22-3-2-12-27-17-22/h2-12,17,28H,13-16,18-19H2,1H3. The van der Waals surface area contributed by atoms with Crippen LogP contribution in [0.3, 0.4) is 0 Å². The fraction of sp³-hybridized carbons (Fsp3) is 0.269. The molecule has 1 aliphatic heterocycles. The van der Waals surface area contributed by atoms with Crippen LogP contribution in [-0.4, -0.2) is 61.1 Å². The maximum atomic E-state index is 12.9. The molecule has 1 aliphatic rings. The van der Waals surface area contributed by atoms with Crippen molar-refractivity contribution in [3.63, 3.8) is 0 Å². The van der Waals surface area contributed by atoms with E-state index in [2.05, 4.69) is 20.7 Å². The Balaban J connectivity index is 1.29. The van der Waals surface area contributed by atoms with Gasteiger partial charge in [0.15, 0.2) is 5.78 Å². The second-order valence-electron chi connectivity index (χ2n) is 8.53. The summed E-state index contributed by atoms with van der Waals surface area (Å²) in [6.07, 6.45) is 3.62. The number of hydrogen-bond donors (Lipinski definition) is 1. The van der Waals surface area contributed by atoms with Crippen molar-refractivity contribution >= 4 is 21.7 Å². The predicted molar refractivity (Wildman–Crippen MR) is 132 cm³/mol. The van der Waals surface area contributed by atoms with Crippen molar-refractivity contribution in [3.05, 3.63) is 95.3 Å². The van der Waals surface area contributed by atoms with Gasteiger partial charge in [0.05, 0.1) is 4.90 Å². The molecule has 1 N–H and O–H groups in total. The summed E-state index contributed by atoms with van der Waals surface area (Å²) in [5, 5.41) is 0. The molecular weight excluding hydrogens is 464 g/mol. The van der Waals surface area contributed by atoms with Crippen molar-refractivity contribution in [1.82, 2.24) is 19.5 Å². The molecule has 3 aromatic rings. The van der Waals surface area contributed by atoms with Crippen LogP contribution in [0, 0.1) is 0 Å². The second-order valence-corrected chi connectivity index (χ2v) is 10.3. The zero-order chi connectivity index (χ0) is 24.8. The molecule has 0 radical (unpaired) electrons. The van der Waals surface area contributed by atoms with E-state index in [1.807, 2.05) is 17.2 Å². The average molecular weight is 493 g/mol. The van der Waals surface area contributed by atoms with Gasteiger partial charge in [-0.1, -0.05) is 30.3 Å². The number of ketones is 1. The summed E-state index contributed by atoms with van der Waals surface area (Å²) >= 11 is 0. The van der Waals surface area contributed by atoms with Gasteiger partial charge < -0.3 is 4.90 Å². The number of piperazine rings is 1. The Morgan fingerprint density at radius 1 is 0.886 bits per heavy atom. The minimum atomic E-state index is -3.72. The molecule has 182 valence electrons. The van der Waals surface area contributed by atoms with Crippen LogP contribution < -0.4 is 4.72 Å². The highest BCUT2D eigenvalue weighted by Crippen LogP contribution is 2.14. The molecule has 2 aromatic carbocycles. The van der Waals surface area contributed by atoms with Crippen molar-refractivity contribution < 1.29 is 18.0 Å². The largest absolute Gasteiger partial charge is 0.336 e. The van der Waals surface area contributed by atoms with Crippen LogP contribution in [0.2, 0.25) is 0 Å². The average Bonchev–Trinajstić information content (AvgIpc) is 2.88. The first-order chi connectivity index (χ1) is 16.8. The summed E-state index contributed by atoms with van der Waals surface area (Å²) in [6, 6.07) is 16.8. The summed E-state index contributed by atoms with van der Waals surface area (Å²) < 4.78 is 27.7. The van der Waals surface area contributed by atoms with Crippen LogP contribution in [0.5, 0.6) is 0 Å². The molecule has 1 aromatic heterocycles. The van der Waals surface area contributed by atoms with Crippen LogP contribution in [0.1, 0.15) is 38.8 Å². The van der Waals surface area contributed by atoms with Crippen LogP contribution in [0.4, 0.5) is 0 Å². The molecule has 0 saturated carbocycles. The number of carbonyl (C=O) groups excluding carboxylic acids is 2. The maximum Gasteiger partial charge on any atom is 0.253 e. The number of nitrogens with zero attached hydrogens (tertiary/aromatic N) is 3. The first-order valence-electron chi connectivity index (χ1n) is 11.4. The van der Waals surface area contributed by atoms with E-state index in [1.165, 1.54) is 31.2 Å². The van der Waals surface area contributed by atoms with Gasteiger partial charge in [0, 0.05) is 62.8 Å². The third-order valence-electron chi connectivity index (χ3n) is 6.03. The third-order valence-corrected chi connectivity index (χ3v) is 7.44. The van der Waals surface area contributed by atoms with Crippen molar-refractivity contribution in [2.24, 2.45) is 0 Å². The SMILES string of the molecule is CC(=O)c1ccc(S(=O)(=O)NCc2ccc(C(=O)N3CCN(Cc4cccnc4)CC3)cc2)cc1. The Hall–Kier alpha value is -3.40. The highest BCUT2D eigenvalue weighted by molar-refractivity contribution is 7.89. The second kappa shape index (κ2) is 10.9. The topological polar surface area (TPSA) is 99.7 Å². The zero-order valence-electron chi connectivity index (χ0n) is 19.6. The number of aromatic nitrogens is 1. The van der Waals surface area contributed by atoms with E-state index in [9.17, 15) is 18.0 Å². The highest BCUT2D eigenvalue weighted by Gasteiger charge is 2.22. The van der Waals surface area contributed by atoms with Gasteiger partial charge >= 0.3 is 0 Å². The number of Topliss-reactive ketones (excluding diaryl/α,β-unsaturated/α-hetero) is 1. The summed E-state index contributed by atoms with van der Waals surface area (Å²) in [4.78, 5) is 32.7. The Kier molecular flexibility index (Phi) is 7.70. The number of sulfonamides is 1. The fourth-order valence-electron chi connectivity index (χ4n) is 3.94. The van der Waals surface area contributed by atoms with E-state index in [0.717, 1.165) is 30.8 Å². The number of rotatable bonds is 8. The van der Waals surface area contributed by atoms with Crippen molar-refractivity contribution in [3.8, 4) is 0 Å². The van der Waals surface area contributed by atoms with Gasteiger partial charge in [0.1, 0.15) is 0 Å². The lowest BCUT2D eigenvalue weighted by Crippen LogP contribution is -2.48. The number of benzene rings is 2. The molecule has 0 atom stereocenters. The Labute approximate surface area is 205 Å². The van der Waals surface area contributed by atoms with E-state index in [4.69, 9.17) is 0 Å². The molecule has 0 spiro atoms. The lowest BCUT2D eigenvalue weighted by Gasteiger charge is -2.34. The molecule has 1 fully saturated rings. The molecular formula is C26H28N4O4S. The van der Waals surface area contributed by atoms with Crippen molar-refractivity contribution in [1.29, 1.82) is 0 Å². The van der Waals surface area contributed by atoms with Gasteiger partial charge in [0.2, 0.25) is 10.0 Å². The number of hydrogen-bond acceptors (Lipinski definition) is 6. The molecule has 9 heteroatoms. The first-order valence-corrected chi connectivity index (χ1v) is 12.9. The molecule has 2 heterocycles. The van der Waals surface area contributed by atoms with Gasteiger partial charge in [-0.2, -0.15) is 0 Å². The van der Waals surface area contributed by atoms with E-state index >= 15 is 0 Å². The Bertz CT molecular complexity index is 1270. The van der Waals surface area contributed by atoms with Gasteiger partial charge in [-0.3, -0.25) is 19.5 Å². The highest BCUT2D eigenvalue weighted by atomic mass is 32.2. The molecule has 0 aliphatic carbocycles. The molecule has 8 nitrogen and oxygen atoms in total. The van der Waals surface area contributed by atoms with Crippen LogP contribution >= 0.6 is 0 Å². The van der Waals surface area contributed by atoms with E-state index < -0.39 is 10.0 Å². The number of amides is 1. The number of carbonyl (C=O) groups is 2.